The van der Waals surface area contributed by atoms with Crippen LogP contribution in [0.15, 0.2) is 34.9 Å². The third-order valence-corrected chi connectivity index (χ3v) is 3.63. The van der Waals surface area contributed by atoms with E-state index < -0.39 is 0 Å². The third kappa shape index (κ3) is 2.36. The average Bonchev–Trinajstić information content (AvgIpc) is 3.00. The summed E-state index contributed by atoms with van der Waals surface area (Å²) in [5, 5.41) is 5.40. The second-order valence-corrected chi connectivity index (χ2v) is 5.77. The van der Waals surface area contributed by atoms with Gasteiger partial charge in [-0.3, -0.25) is 9.48 Å². The zero-order valence-corrected chi connectivity index (χ0v) is 12.8. The van der Waals surface area contributed by atoms with Crippen molar-refractivity contribution in [3.05, 3.63) is 52.5 Å². The van der Waals surface area contributed by atoms with Crippen LogP contribution < -0.4 is 0 Å². The van der Waals surface area contributed by atoms with Crippen LogP contribution in [-0.4, -0.2) is 15.6 Å². The molecule has 4 nitrogen and oxygen atoms in total. The number of nitrogens with zero attached hydrogens (tertiary/aromatic N) is 2. The summed E-state index contributed by atoms with van der Waals surface area (Å²) in [6.07, 6.45) is 1.49. The van der Waals surface area contributed by atoms with E-state index >= 15 is 0 Å². The predicted molar refractivity (Wildman–Crippen MR) is 82.0 cm³/mol. The summed E-state index contributed by atoms with van der Waals surface area (Å²) in [7, 11) is 0. The van der Waals surface area contributed by atoms with Crippen LogP contribution in [-0.2, 0) is 0 Å². The zero-order chi connectivity index (χ0) is 15.1. The van der Waals surface area contributed by atoms with Crippen LogP contribution in [0.2, 0.25) is 5.02 Å². The van der Waals surface area contributed by atoms with Gasteiger partial charge < -0.3 is 4.42 Å². The highest BCUT2D eigenvalue weighted by atomic mass is 35.5. The van der Waals surface area contributed by atoms with Gasteiger partial charge in [0.05, 0.1) is 11.2 Å². The minimum atomic E-state index is -0.250. The lowest BCUT2D eigenvalue weighted by atomic mass is 10.1. The highest BCUT2D eigenvalue weighted by molar-refractivity contribution is 6.34. The second kappa shape index (κ2) is 5.04. The summed E-state index contributed by atoms with van der Waals surface area (Å²) in [5.41, 5.74) is 2.17. The van der Waals surface area contributed by atoms with Crippen molar-refractivity contribution in [1.29, 1.82) is 0 Å². The molecule has 0 spiro atoms. The molecule has 0 aliphatic heterocycles. The Bertz CT molecular complexity index is 830. The van der Waals surface area contributed by atoms with Gasteiger partial charge in [-0.1, -0.05) is 23.2 Å². The third-order valence-electron chi connectivity index (χ3n) is 3.35. The first-order valence-corrected chi connectivity index (χ1v) is 7.13. The van der Waals surface area contributed by atoms with Crippen molar-refractivity contribution in [3.63, 3.8) is 0 Å². The maximum absolute atomic E-state index is 12.7. The largest absolute Gasteiger partial charge is 0.453 e. The summed E-state index contributed by atoms with van der Waals surface area (Å²) in [4.78, 5) is 12.7. The molecule has 0 fully saturated rings. The monoisotopic (exact) mass is 302 g/mol. The Morgan fingerprint density at radius 2 is 2.10 bits per heavy atom. The van der Waals surface area contributed by atoms with Crippen molar-refractivity contribution in [2.45, 2.75) is 26.8 Å². The highest BCUT2D eigenvalue weighted by Gasteiger charge is 2.23. The van der Waals surface area contributed by atoms with E-state index in [1.165, 1.54) is 6.20 Å². The molecule has 1 aromatic carbocycles. The van der Waals surface area contributed by atoms with Crippen LogP contribution >= 0.6 is 11.6 Å². The van der Waals surface area contributed by atoms with Crippen molar-refractivity contribution in [1.82, 2.24) is 9.78 Å². The fourth-order valence-corrected chi connectivity index (χ4v) is 2.55. The van der Waals surface area contributed by atoms with Gasteiger partial charge in [-0.15, -0.1) is 0 Å². The van der Waals surface area contributed by atoms with E-state index in [1.54, 1.807) is 10.7 Å². The predicted octanol–water partition coefficient (Wildman–Crippen LogP) is 4.40. The molecule has 0 bridgehead atoms. The maximum atomic E-state index is 12.7. The molecule has 2 heterocycles. The number of ketones is 1. The Balaban J connectivity index is 2.10. The van der Waals surface area contributed by atoms with E-state index in [0.717, 1.165) is 10.9 Å². The number of aryl methyl sites for hydroxylation is 1. The number of furan rings is 1. The molecule has 108 valence electrons. The average molecular weight is 303 g/mol. The number of hydrogen-bond donors (Lipinski definition) is 0. The van der Waals surface area contributed by atoms with E-state index in [1.807, 2.05) is 39.0 Å². The smallest absolute Gasteiger partial charge is 0.247 e. The standard InChI is InChI=1S/C16H15ClN2O2/c1-9(2)19-15(12(17)8-18-19)16(20)14-7-11-6-10(3)4-5-13(11)21-14/h4-9H,1-3H3. The summed E-state index contributed by atoms with van der Waals surface area (Å²) in [6.45, 7) is 5.89. The van der Waals surface area contributed by atoms with Crippen molar-refractivity contribution in [2.75, 3.05) is 0 Å². The van der Waals surface area contributed by atoms with Gasteiger partial charge in [0.15, 0.2) is 5.76 Å². The fraction of sp³-hybridized carbons (Fsp3) is 0.250. The number of benzene rings is 1. The number of halogens is 1. The highest BCUT2D eigenvalue weighted by Crippen LogP contribution is 2.26. The van der Waals surface area contributed by atoms with Crippen molar-refractivity contribution >= 4 is 28.4 Å². The van der Waals surface area contributed by atoms with E-state index in [4.69, 9.17) is 16.0 Å². The first-order valence-electron chi connectivity index (χ1n) is 6.75. The van der Waals surface area contributed by atoms with E-state index in [-0.39, 0.29) is 17.6 Å². The van der Waals surface area contributed by atoms with Gasteiger partial charge in [-0.2, -0.15) is 5.10 Å². The molecule has 3 aromatic rings. The molecular weight excluding hydrogens is 288 g/mol. The summed E-state index contributed by atoms with van der Waals surface area (Å²) in [6, 6.07) is 7.59. The molecule has 21 heavy (non-hydrogen) atoms. The summed E-state index contributed by atoms with van der Waals surface area (Å²) >= 11 is 6.11. The number of carbonyl (C=O) groups excluding carboxylic acids is 1. The Morgan fingerprint density at radius 3 is 2.81 bits per heavy atom. The number of aromatic nitrogens is 2. The van der Waals surface area contributed by atoms with Gasteiger partial charge in [0.25, 0.3) is 0 Å². The van der Waals surface area contributed by atoms with Crippen molar-refractivity contribution in [2.24, 2.45) is 0 Å². The molecule has 3 rings (SSSR count). The summed E-state index contributed by atoms with van der Waals surface area (Å²) < 4.78 is 7.26. The molecule has 0 N–H and O–H groups in total. The SMILES string of the molecule is Cc1ccc2oc(C(=O)c3c(Cl)cnn3C(C)C)cc2c1. The minimum Gasteiger partial charge on any atom is -0.453 e. The van der Waals surface area contributed by atoms with Crippen molar-refractivity contribution in [3.8, 4) is 0 Å². The Kier molecular flexibility index (Phi) is 3.33. The molecule has 0 unspecified atom stereocenters. The van der Waals surface area contributed by atoms with Crippen LogP contribution in [0.4, 0.5) is 0 Å². The van der Waals surface area contributed by atoms with Crippen LogP contribution in [0.3, 0.4) is 0 Å². The fourth-order valence-electron chi connectivity index (χ4n) is 2.34. The number of hydrogen-bond acceptors (Lipinski definition) is 3. The number of fused-ring (bicyclic) bond motifs is 1. The van der Waals surface area contributed by atoms with Crippen LogP contribution in [0.5, 0.6) is 0 Å². The van der Waals surface area contributed by atoms with Crippen molar-refractivity contribution < 1.29 is 9.21 Å². The molecule has 0 amide bonds. The van der Waals surface area contributed by atoms with Gasteiger partial charge in [0.2, 0.25) is 5.78 Å². The van der Waals surface area contributed by atoms with Gasteiger partial charge in [-0.05, 0) is 39.0 Å². The van der Waals surface area contributed by atoms with Gasteiger partial charge >= 0.3 is 0 Å². The first-order chi connectivity index (χ1) is 9.97. The molecule has 0 aliphatic rings. The van der Waals surface area contributed by atoms with Crippen LogP contribution in [0, 0.1) is 6.92 Å². The Hall–Kier alpha value is -2.07. The van der Waals surface area contributed by atoms with Gasteiger partial charge in [-0.25, -0.2) is 0 Å². The molecule has 0 aliphatic carbocycles. The molecule has 2 aromatic heterocycles. The second-order valence-electron chi connectivity index (χ2n) is 5.36. The van der Waals surface area contributed by atoms with E-state index in [0.29, 0.717) is 16.3 Å². The Labute approximate surface area is 127 Å². The quantitative estimate of drug-likeness (QED) is 0.674. The molecule has 0 saturated heterocycles. The number of carbonyl (C=O) groups is 1. The zero-order valence-electron chi connectivity index (χ0n) is 12.1. The van der Waals surface area contributed by atoms with E-state index in [9.17, 15) is 4.79 Å². The van der Waals surface area contributed by atoms with Crippen LogP contribution in [0.1, 0.15) is 41.7 Å². The molecule has 0 saturated carbocycles. The van der Waals surface area contributed by atoms with Crippen LogP contribution in [0.25, 0.3) is 11.0 Å². The lowest BCUT2D eigenvalue weighted by Gasteiger charge is -2.09. The molecule has 0 radical (unpaired) electrons. The maximum Gasteiger partial charge on any atom is 0.247 e. The number of rotatable bonds is 3. The lowest BCUT2D eigenvalue weighted by Crippen LogP contribution is -2.13. The van der Waals surface area contributed by atoms with E-state index in [2.05, 4.69) is 5.10 Å². The normalized spacial score (nSPS) is 11.5. The molecular formula is C16H15ClN2O2. The molecule has 0 atom stereocenters. The summed E-state index contributed by atoms with van der Waals surface area (Å²) in [5.74, 6) is 0.0277. The van der Waals surface area contributed by atoms with Gasteiger partial charge in [0, 0.05) is 11.4 Å². The first kappa shape index (κ1) is 13.9. The topological polar surface area (TPSA) is 48.0 Å². The lowest BCUT2D eigenvalue weighted by molar-refractivity contribution is 0.0999. The minimum absolute atomic E-state index is 0.0445. The van der Waals surface area contributed by atoms with Gasteiger partial charge in [0.1, 0.15) is 11.3 Å². The Morgan fingerprint density at radius 1 is 1.33 bits per heavy atom. The molecule has 5 heteroatoms.